The number of rotatable bonds is 4. The Labute approximate surface area is 109 Å². The summed E-state index contributed by atoms with van der Waals surface area (Å²) in [5.41, 5.74) is 8.50. The summed E-state index contributed by atoms with van der Waals surface area (Å²) < 4.78 is 11.3. The fourth-order valence-electron chi connectivity index (χ4n) is 2.22. The molecule has 18 heavy (non-hydrogen) atoms. The molecule has 0 aliphatic heterocycles. The van der Waals surface area contributed by atoms with E-state index in [-0.39, 0.29) is 11.6 Å². The number of hydrogen-bond acceptors (Lipinski definition) is 3. The zero-order valence-corrected chi connectivity index (χ0v) is 11.5. The third kappa shape index (κ3) is 3.47. The van der Waals surface area contributed by atoms with Gasteiger partial charge in [-0.2, -0.15) is 0 Å². The van der Waals surface area contributed by atoms with Crippen LogP contribution in [0.4, 0.5) is 0 Å². The van der Waals surface area contributed by atoms with Gasteiger partial charge in [-0.25, -0.2) is 0 Å². The van der Waals surface area contributed by atoms with E-state index in [0.29, 0.717) is 13.2 Å². The van der Waals surface area contributed by atoms with Crippen molar-refractivity contribution in [2.45, 2.75) is 45.3 Å². The first-order valence-electron chi connectivity index (χ1n) is 6.61. The van der Waals surface area contributed by atoms with Gasteiger partial charge in [0.2, 0.25) is 0 Å². The minimum absolute atomic E-state index is 0.103. The molecule has 1 unspecified atom stereocenters. The molecule has 0 fully saturated rings. The summed E-state index contributed by atoms with van der Waals surface area (Å²) >= 11 is 0. The lowest BCUT2D eigenvalue weighted by atomic mass is 10.1. The summed E-state index contributed by atoms with van der Waals surface area (Å²) in [5, 5.41) is 0. The lowest BCUT2D eigenvalue weighted by Crippen LogP contribution is -2.22. The van der Waals surface area contributed by atoms with Crippen LogP contribution in [-0.4, -0.2) is 18.8 Å². The van der Waals surface area contributed by atoms with E-state index in [9.17, 15) is 0 Å². The zero-order valence-electron chi connectivity index (χ0n) is 11.5. The maximum atomic E-state index is 6.01. The Balaban J connectivity index is 1.84. The summed E-state index contributed by atoms with van der Waals surface area (Å²) in [6, 6.07) is 6.41. The Morgan fingerprint density at radius 1 is 1.28 bits per heavy atom. The van der Waals surface area contributed by atoms with Crippen LogP contribution >= 0.6 is 0 Å². The highest BCUT2D eigenvalue weighted by atomic mass is 16.5. The van der Waals surface area contributed by atoms with Gasteiger partial charge in [0.05, 0.1) is 12.2 Å². The molecule has 1 aromatic rings. The molecule has 0 aromatic heterocycles. The van der Waals surface area contributed by atoms with Crippen LogP contribution in [0.2, 0.25) is 0 Å². The van der Waals surface area contributed by atoms with Crippen molar-refractivity contribution in [3.63, 3.8) is 0 Å². The van der Waals surface area contributed by atoms with Crippen LogP contribution in [-0.2, 0) is 11.2 Å². The van der Waals surface area contributed by atoms with E-state index < -0.39 is 0 Å². The van der Waals surface area contributed by atoms with Crippen LogP contribution in [0, 0.1) is 0 Å². The maximum absolute atomic E-state index is 6.01. The first kappa shape index (κ1) is 13.4. The third-order valence-electron chi connectivity index (χ3n) is 3.13. The normalized spacial score (nSPS) is 18.8. The second kappa shape index (κ2) is 5.29. The molecule has 0 saturated heterocycles. The van der Waals surface area contributed by atoms with Crippen LogP contribution < -0.4 is 10.5 Å². The second-order valence-corrected chi connectivity index (χ2v) is 5.82. The van der Waals surface area contributed by atoms with Crippen LogP contribution in [0.25, 0.3) is 0 Å². The predicted octanol–water partition coefficient (Wildman–Crippen LogP) is 2.83. The van der Waals surface area contributed by atoms with Gasteiger partial charge < -0.3 is 15.2 Å². The van der Waals surface area contributed by atoms with Crippen molar-refractivity contribution in [2.24, 2.45) is 5.73 Å². The molecule has 3 heteroatoms. The molecular weight excluding hydrogens is 226 g/mol. The molecule has 1 aromatic carbocycles. The van der Waals surface area contributed by atoms with Crippen LogP contribution in [0.5, 0.6) is 5.75 Å². The van der Waals surface area contributed by atoms with Crippen LogP contribution in [0.1, 0.15) is 44.4 Å². The van der Waals surface area contributed by atoms with E-state index in [4.69, 9.17) is 15.2 Å². The molecule has 2 rings (SSSR count). The second-order valence-electron chi connectivity index (χ2n) is 5.82. The quantitative estimate of drug-likeness (QED) is 0.834. The van der Waals surface area contributed by atoms with Crippen LogP contribution in [0.15, 0.2) is 18.2 Å². The van der Waals surface area contributed by atoms with Crippen molar-refractivity contribution >= 4 is 0 Å². The first-order chi connectivity index (χ1) is 8.46. The molecule has 100 valence electrons. The highest BCUT2D eigenvalue weighted by Crippen LogP contribution is 2.31. The van der Waals surface area contributed by atoms with Gasteiger partial charge in [0.15, 0.2) is 0 Å². The van der Waals surface area contributed by atoms with Crippen LogP contribution in [0.3, 0.4) is 0 Å². The minimum Gasteiger partial charge on any atom is -0.491 e. The Bertz CT molecular complexity index is 409. The number of ether oxygens (including phenoxy) is 2. The molecule has 1 aliphatic rings. The van der Waals surface area contributed by atoms with Gasteiger partial charge in [-0.05, 0) is 56.9 Å². The molecule has 1 atom stereocenters. The molecule has 0 heterocycles. The molecule has 1 aliphatic carbocycles. The standard InChI is InChI=1S/C15H23NO2/c1-15(2,3)18-9-8-17-12-5-6-13-11(10-12)4-7-14(13)16/h5-6,10,14H,4,7-9,16H2,1-3H3. The Hall–Kier alpha value is -1.06. The fourth-order valence-corrected chi connectivity index (χ4v) is 2.22. The third-order valence-corrected chi connectivity index (χ3v) is 3.13. The molecule has 0 saturated carbocycles. The van der Waals surface area contributed by atoms with E-state index in [2.05, 4.69) is 12.1 Å². The van der Waals surface area contributed by atoms with Gasteiger partial charge >= 0.3 is 0 Å². The average Bonchev–Trinajstić information content (AvgIpc) is 2.65. The van der Waals surface area contributed by atoms with Gasteiger partial charge in [-0.3, -0.25) is 0 Å². The number of benzene rings is 1. The summed E-state index contributed by atoms with van der Waals surface area (Å²) in [6.45, 7) is 7.33. The zero-order chi connectivity index (χ0) is 13.2. The van der Waals surface area contributed by atoms with Crippen molar-refractivity contribution in [2.75, 3.05) is 13.2 Å². The van der Waals surface area contributed by atoms with E-state index in [1.807, 2.05) is 26.8 Å². The van der Waals surface area contributed by atoms with Crippen molar-refractivity contribution in [1.29, 1.82) is 0 Å². The Kier molecular flexibility index (Phi) is 3.93. The first-order valence-corrected chi connectivity index (χ1v) is 6.61. The molecular formula is C15H23NO2. The topological polar surface area (TPSA) is 44.5 Å². The van der Waals surface area contributed by atoms with E-state index in [1.165, 1.54) is 11.1 Å². The van der Waals surface area contributed by atoms with Crippen molar-refractivity contribution in [1.82, 2.24) is 0 Å². The molecule has 0 amide bonds. The minimum atomic E-state index is -0.103. The lowest BCUT2D eigenvalue weighted by Gasteiger charge is -2.19. The van der Waals surface area contributed by atoms with E-state index >= 15 is 0 Å². The van der Waals surface area contributed by atoms with Gasteiger partial charge in [0, 0.05) is 6.04 Å². The monoisotopic (exact) mass is 249 g/mol. The van der Waals surface area contributed by atoms with E-state index in [1.54, 1.807) is 0 Å². The summed E-state index contributed by atoms with van der Waals surface area (Å²) in [7, 11) is 0. The number of aryl methyl sites for hydroxylation is 1. The summed E-state index contributed by atoms with van der Waals surface area (Å²) in [4.78, 5) is 0. The highest BCUT2D eigenvalue weighted by Gasteiger charge is 2.19. The lowest BCUT2D eigenvalue weighted by molar-refractivity contribution is -0.0163. The van der Waals surface area contributed by atoms with Gasteiger partial charge in [-0.1, -0.05) is 6.07 Å². The van der Waals surface area contributed by atoms with Gasteiger partial charge in [0.1, 0.15) is 12.4 Å². The predicted molar refractivity (Wildman–Crippen MR) is 72.9 cm³/mol. The van der Waals surface area contributed by atoms with Gasteiger partial charge in [-0.15, -0.1) is 0 Å². The highest BCUT2D eigenvalue weighted by molar-refractivity contribution is 5.40. The molecule has 0 bridgehead atoms. The molecule has 0 radical (unpaired) electrons. The van der Waals surface area contributed by atoms with Crippen molar-refractivity contribution in [3.8, 4) is 5.75 Å². The van der Waals surface area contributed by atoms with Crippen molar-refractivity contribution in [3.05, 3.63) is 29.3 Å². The SMILES string of the molecule is CC(C)(C)OCCOc1ccc2c(c1)CCC2N. The van der Waals surface area contributed by atoms with Gasteiger partial charge in [0.25, 0.3) is 0 Å². The Morgan fingerprint density at radius 3 is 2.78 bits per heavy atom. The fraction of sp³-hybridized carbons (Fsp3) is 0.600. The van der Waals surface area contributed by atoms with Crippen molar-refractivity contribution < 1.29 is 9.47 Å². The summed E-state index contributed by atoms with van der Waals surface area (Å²) in [5.74, 6) is 0.917. The number of fused-ring (bicyclic) bond motifs is 1. The largest absolute Gasteiger partial charge is 0.491 e. The maximum Gasteiger partial charge on any atom is 0.119 e. The smallest absolute Gasteiger partial charge is 0.119 e. The van der Waals surface area contributed by atoms with E-state index in [0.717, 1.165) is 18.6 Å². The summed E-state index contributed by atoms with van der Waals surface area (Å²) in [6.07, 6.45) is 2.11. The molecule has 0 spiro atoms. The molecule has 3 nitrogen and oxygen atoms in total. The average molecular weight is 249 g/mol. The number of hydrogen-bond donors (Lipinski definition) is 1. The molecule has 2 N–H and O–H groups in total. The Morgan fingerprint density at radius 2 is 2.06 bits per heavy atom. The number of nitrogens with two attached hydrogens (primary N) is 1.